The van der Waals surface area contributed by atoms with E-state index in [4.69, 9.17) is 0 Å². The highest BCUT2D eigenvalue weighted by atomic mass is 35.5. The van der Waals surface area contributed by atoms with Crippen molar-refractivity contribution in [1.29, 1.82) is 5.26 Å². The van der Waals surface area contributed by atoms with Gasteiger partial charge in [0.05, 0.1) is 29.1 Å². The van der Waals surface area contributed by atoms with Gasteiger partial charge in [0.25, 0.3) is 0 Å². The van der Waals surface area contributed by atoms with E-state index in [-0.39, 0.29) is 23.7 Å². The number of rotatable bonds is 4. The van der Waals surface area contributed by atoms with Crippen LogP contribution in [0, 0.1) is 17.2 Å². The van der Waals surface area contributed by atoms with Crippen LogP contribution >= 0.6 is 12.4 Å². The molecule has 29 heavy (non-hydrogen) atoms. The molecule has 10 heteroatoms. The van der Waals surface area contributed by atoms with Crippen molar-refractivity contribution in [1.82, 2.24) is 25.3 Å². The highest BCUT2D eigenvalue weighted by molar-refractivity contribution is 5.85. The molecule has 3 aromatic heterocycles. The van der Waals surface area contributed by atoms with Gasteiger partial charge in [-0.15, -0.1) is 12.4 Å². The summed E-state index contributed by atoms with van der Waals surface area (Å²) in [6.45, 7) is 1.93. The Balaban J connectivity index is 0.00000240. The molecule has 0 unspecified atom stereocenters. The molecule has 3 N–H and O–H groups in total. The Morgan fingerprint density at radius 1 is 1.31 bits per heavy atom. The predicted octanol–water partition coefficient (Wildman–Crippen LogP) is 2.45. The van der Waals surface area contributed by atoms with E-state index >= 15 is 0 Å². The summed E-state index contributed by atoms with van der Waals surface area (Å²) in [6, 6.07) is 6.86. The van der Waals surface area contributed by atoms with Gasteiger partial charge in [-0.05, 0) is 31.5 Å². The first-order chi connectivity index (χ1) is 13.7. The van der Waals surface area contributed by atoms with Gasteiger partial charge in [0, 0.05) is 24.7 Å². The van der Waals surface area contributed by atoms with Crippen molar-refractivity contribution >= 4 is 47.0 Å². The van der Waals surface area contributed by atoms with Gasteiger partial charge >= 0.3 is 0 Å². The average molecular weight is 411 g/mol. The monoisotopic (exact) mass is 410 g/mol. The van der Waals surface area contributed by atoms with Crippen LogP contribution in [0.5, 0.6) is 0 Å². The van der Waals surface area contributed by atoms with Gasteiger partial charge in [0.1, 0.15) is 11.8 Å². The number of nitrogens with one attached hydrogen (secondary N) is 3. The SMILES string of the molecule is Cl.N#Cc1ncc(Nc2ncc3[nH]c(=O)ccc3n2)cc1N=C[C@@H]1CCCNC1. The molecule has 148 valence electrons. The fraction of sp³-hybridized carbons (Fsp3) is 0.263. The lowest BCUT2D eigenvalue weighted by Crippen LogP contribution is -2.30. The molecule has 0 saturated carbocycles. The minimum atomic E-state index is -0.205. The van der Waals surface area contributed by atoms with E-state index in [9.17, 15) is 10.1 Å². The number of anilines is 2. The van der Waals surface area contributed by atoms with Crippen LogP contribution in [-0.2, 0) is 0 Å². The van der Waals surface area contributed by atoms with E-state index < -0.39 is 0 Å². The molecule has 4 heterocycles. The maximum Gasteiger partial charge on any atom is 0.248 e. The summed E-state index contributed by atoms with van der Waals surface area (Å²) >= 11 is 0. The molecule has 3 aromatic rings. The lowest BCUT2D eigenvalue weighted by atomic mass is 10.0. The number of H-pyrrole nitrogens is 1. The minimum Gasteiger partial charge on any atom is -0.323 e. The van der Waals surface area contributed by atoms with Crippen LogP contribution in [-0.4, -0.2) is 39.2 Å². The fourth-order valence-electron chi connectivity index (χ4n) is 3.03. The van der Waals surface area contributed by atoms with Crippen molar-refractivity contribution in [3.8, 4) is 6.07 Å². The van der Waals surface area contributed by atoms with Crippen LogP contribution in [0.1, 0.15) is 18.5 Å². The number of hydrogen-bond acceptors (Lipinski definition) is 8. The van der Waals surface area contributed by atoms with Crippen LogP contribution in [0.4, 0.5) is 17.3 Å². The molecule has 0 radical (unpaired) electrons. The Morgan fingerprint density at radius 2 is 2.21 bits per heavy atom. The zero-order chi connectivity index (χ0) is 19.3. The molecule has 0 aromatic carbocycles. The third-order valence-corrected chi connectivity index (χ3v) is 4.46. The van der Waals surface area contributed by atoms with Crippen molar-refractivity contribution in [3.05, 3.63) is 46.6 Å². The number of aromatic amines is 1. The molecule has 0 spiro atoms. The average Bonchev–Trinajstić information content (AvgIpc) is 2.73. The second kappa shape index (κ2) is 9.23. The smallest absolute Gasteiger partial charge is 0.248 e. The van der Waals surface area contributed by atoms with E-state index in [0.717, 1.165) is 25.9 Å². The maximum absolute atomic E-state index is 11.4. The van der Waals surface area contributed by atoms with E-state index in [2.05, 4.69) is 41.6 Å². The van der Waals surface area contributed by atoms with Crippen LogP contribution in [0.3, 0.4) is 0 Å². The first-order valence-corrected chi connectivity index (χ1v) is 8.99. The number of pyridine rings is 2. The maximum atomic E-state index is 11.4. The van der Waals surface area contributed by atoms with Crippen molar-refractivity contribution < 1.29 is 0 Å². The number of hydrogen-bond donors (Lipinski definition) is 3. The topological polar surface area (TPSA) is 132 Å². The molecule has 0 aliphatic carbocycles. The molecule has 4 rings (SSSR count). The third kappa shape index (κ3) is 4.93. The largest absolute Gasteiger partial charge is 0.323 e. The minimum absolute atomic E-state index is 0. The molecule has 1 aliphatic heterocycles. The Morgan fingerprint density at radius 3 is 3.00 bits per heavy atom. The van der Waals surface area contributed by atoms with E-state index in [1.807, 2.05) is 6.21 Å². The Labute approximate surface area is 172 Å². The number of nitrogens with zero attached hydrogens (tertiary/aromatic N) is 5. The van der Waals surface area contributed by atoms with Gasteiger partial charge in [-0.25, -0.2) is 15.0 Å². The van der Waals surface area contributed by atoms with Crippen LogP contribution in [0.25, 0.3) is 11.0 Å². The molecular formula is C19H19ClN8O. The summed E-state index contributed by atoms with van der Waals surface area (Å²) in [5, 5.41) is 15.7. The summed E-state index contributed by atoms with van der Waals surface area (Å²) in [4.78, 5) is 31.3. The molecule has 0 amide bonds. The van der Waals surface area contributed by atoms with Crippen molar-refractivity contribution in [2.75, 3.05) is 18.4 Å². The van der Waals surface area contributed by atoms with E-state index in [1.54, 1.807) is 18.3 Å². The number of aliphatic imine (C=N–C) groups is 1. The molecule has 0 bridgehead atoms. The number of aromatic nitrogens is 4. The number of halogens is 1. The lowest BCUT2D eigenvalue weighted by Gasteiger charge is -2.18. The van der Waals surface area contributed by atoms with Gasteiger partial charge < -0.3 is 15.6 Å². The van der Waals surface area contributed by atoms with Gasteiger partial charge in [-0.1, -0.05) is 0 Å². The number of piperidine rings is 1. The molecule has 1 fully saturated rings. The van der Waals surface area contributed by atoms with Gasteiger partial charge in [-0.2, -0.15) is 5.26 Å². The van der Waals surface area contributed by atoms with Crippen molar-refractivity contribution in [2.45, 2.75) is 12.8 Å². The standard InChI is InChI=1S/C19H18N8O.ClH/c20-7-16-15(22-9-12-2-1-5-21-8-12)6-13(10-23-16)25-19-24-11-17-14(27-19)3-4-18(28)26-17;/h3-4,6,9-12,21H,1-2,5,8H2,(H,26,28)(H,24,25,27);1H/t12-;/m1./s1. The summed E-state index contributed by atoms with van der Waals surface area (Å²) in [5.74, 6) is 0.709. The normalized spacial score (nSPS) is 16.3. The molecule has 1 atom stereocenters. The highest BCUT2D eigenvalue weighted by Crippen LogP contribution is 2.23. The number of fused-ring (bicyclic) bond motifs is 1. The van der Waals surface area contributed by atoms with Gasteiger partial charge in [0.15, 0.2) is 5.69 Å². The Bertz CT molecular complexity index is 1130. The van der Waals surface area contributed by atoms with Crippen LogP contribution in [0.2, 0.25) is 0 Å². The molecule has 1 saturated heterocycles. The lowest BCUT2D eigenvalue weighted by molar-refractivity contribution is 0.463. The quantitative estimate of drug-likeness (QED) is 0.562. The summed E-state index contributed by atoms with van der Waals surface area (Å²) in [5.41, 5.74) is 2.36. The van der Waals surface area contributed by atoms with Crippen molar-refractivity contribution in [2.24, 2.45) is 10.9 Å². The summed E-state index contributed by atoms with van der Waals surface area (Å²) < 4.78 is 0. The summed E-state index contributed by atoms with van der Waals surface area (Å²) in [7, 11) is 0. The zero-order valence-electron chi connectivity index (χ0n) is 15.4. The third-order valence-electron chi connectivity index (χ3n) is 4.46. The second-order valence-corrected chi connectivity index (χ2v) is 6.53. The van der Waals surface area contributed by atoms with E-state index in [0.29, 0.717) is 34.3 Å². The number of nitriles is 1. The Kier molecular flexibility index (Phi) is 6.49. The van der Waals surface area contributed by atoms with Crippen LogP contribution in [0.15, 0.2) is 40.4 Å². The first kappa shape index (κ1) is 20.4. The molecule has 9 nitrogen and oxygen atoms in total. The van der Waals surface area contributed by atoms with Gasteiger partial charge in [0.2, 0.25) is 11.5 Å². The van der Waals surface area contributed by atoms with Gasteiger partial charge in [-0.3, -0.25) is 9.79 Å². The van der Waals surface area contributed by atoms with E-state index in [1.165, 1.54) is 12.3 Å². The summed E-state index contributed by atoms with van der Waals surface area (Å²) in [6.07, 6.45) is 7.16. The van der Waals surface area contributed by atoms with Crippen molar-refractivity contribution in [3.63, 3.8) is 0 Å². The molecular weight excluding hydrogens is 392 g/mol. The first-order valence-electron chi connectivity index (χ1n) is 8.99. The van der Waals surface area contributed by atoms with Crippen LogP contribution < -0.4 is 16.2 Å². The Hall–Kier alpha value is -3.35. The molecule has 1 aliphatic rings. The fourth-order valence-corrected chi connectivity index (χ4v) is 3.03. The highest BCUT2D eigenvalue weighted by Gasteiger charge is 2.11. The predicted molar refractivity (Wildman–Crippen MR) is 113 cm³/mol. The second-order valence-electron chi connectivity index (χ2n) is 6.53. The zero-order valence-corrected chi connectivity index (χ0v) is 16.2.